The zero-order valence-corrected chi connectivity index (χ0v) is 20.3. The van der Waals surface area contributed by atoms with Crippen LogP contribution < -0.4 is 4.90 Å². The van der Waals surface area contributed by atoms with Crippen LogP contribution in [0.15, 0.2) is 82.4 Å². The van der Waals surface area contributed by atoms with E-state index in [2.05, 4.69) is 75.1 Å². The van der Waals surface area contributed by atoms with Gasteiger partial charge in [0.15, 0.2) is 5.58 Å². The topological polar surface area (TPSA) is 46.3 Å². The van der Waals surface area contributed by atoms with Gasteiger partial charge < -0.3 is 9.32 Å². The van der Waals surface area contributed by atoms with E-state index in [1.165, 1.54) is 28.5 Å². The fourth-order valence-electron chi connectivity index (χ4n) is 5.25. The van der Waals surface area contributed by atoms with Crippen LogP contribution in [0.3, 0.4) is 0 Å². The summed E-state index contributed by atoms with van der Waals surface area (Å²) in [5.41, 5.74) is 5.72. The first kappa shape index (κ1) is 21.8. The smallest absolute Gasteiger partial charge is 0.257 e. The number of thioether (sulfide) groups is 1. The minimum Gasteiger partial charge on any atom is -0.431 e. The maximum atomic E-state index is 13.6. The second-order valence-electron chi connectivity index (χ2n) is 9.67. The number of para-hydroxylation sites is 3. The van der Waals surface area contributed by atoms with Crippen LogP contribution in [-0.2, 0) is 10.2 Å². The molecule has 1 aliphatic heterocycles. The van der Waals surface area contributed by atoms with Gasteiger partial charge in [-0.15, -0.1) is 0 Å². The third kappa shape index (κ3) is 3.84. The second kappa shape index (κ2) is 8.07. The minimum atomic E-state index is -0.354. The number of anilines is 1. The molecule has 1 amide bonds. The molecule has 4 aromatic rings. The van der Waals surface area contributed by atoms with Gasteiger partial charge in [-0.2, -0.15) is 0 Å². The molecule has 2 heterocycles. The highest BCUT2D eigenvalue weighted by atomic mass is 32.2. The summed E-state index contributed by atoms with van der Waals surface area (Å²) in [6, 6.07) is 24.8. The molecule has 5 heteroatoms. The van der Waals surface area contributed by atoms with E-state index >= 15 is 0 Å². The molecule has 0 radical (unpaired) electrons. The summed E-state index contributed by atoms with van der Waals surface area (Å²) < 4.78 is 5.81. The molecule has 4 nitrogen and oxygen atoms in total. The lowest BCUT2D eigenvalue weighted by Crippen LogP contribution is -2.56. The number of benzene rings is 3. The van der Waals surface area contributed by atoms with Gasteiger partial charge in [0.25, 0.3) is 5.22 Å². The van der Waals surface area contributed by atoms with Crippen LogP contribution >= 0.6 is 11.8 Å². The molecule has 0 spiro atoms. The molecule has 0 saturated carbocycles. The summed E-state index contributed by atoms with van der Waals surface area (Å²) in [7, 11) is 0. The largest absolute Gasteiger partial charge is 0.431 e. The summed E-state index contributed by atoms with van der Waals surface area (Å²) in [5, 5.41) is 0.525. The predicted molar refractivity (Wildman–Crippen MR) is 135 cm³/mol. The number of fused-ring (bicyclic) bond motifs is 2. The first-order chi connectivity index (χ1) is 15.8. The Morgan fingerprint density at radius 3 is 2.45 bits per heavy atom. The minimum absolute atomic E-state index is 0.0608. The molecule has 0 N–H and O–H groups in total. The Morgan fingerprint density at radius 1 is 1.00 bits per heavy atom. The monoisotopic (exact) mass is 456 g/mol. The van der Waals surface area contributed by atoms with Crippen LogP contribution in [-0.4, -0.2) is 22.2 Å². The Hall–Kier alpha value is -3.05. The molecule has 0 saturated heterocycles. The van der Waals surface area contributed by atoms with Crippen LogP contribution in [0, 0.1) is 6.92 Å². The van der Waals surface area contributed by atoms with Crippen molar-refractivity contribution in [3.8, 4) is 0 Å². The van der Waals surface area contributed by atoms with Gasteiger partial charge in [0.1, 0.15) is 5.52 Å². The van der Waals surface area contributed by atoms with Gasteiger partial charge in [-0.1, -0.05) is 78.8 Å². The normalized spacial score (nSPS) is 19.5. The van der Waals surface area contributed by atoms with Crippen LogP contribution in [0.5, 0.6) is 0 Å². The average Bonchev–Trinajstić information content (AvgIpc) is 3.20. The number of carbonyl (C=O) groups is 1. The van der Waals surface area contributed by atoms with Gasteiger partial charge >= 0.3 is 0 Å². The van der Waals surface area contributed by atoms with E-state index in [0.717, 1.165) is 23.2 Å². The molecule has 0 aliphatic carbocycles. The molecule has 1 atom stereocenters. The van der Waals surface area contributed by atoms with Crippen molar-refractivity contribution in [3.63, 3.8) is 0 Å². The Kier molecular flexibility index (Phi) is 5.32. The molecule has 1 aromatic heterocycles. The van der Waals surface area contributed by atoms with Crippen molar-refractivity contribution in [3.05, 3.63) is 89.5 Å². The quantitative estimate of drug-likeness (QED) is 0.319. The Balaban J connectivity index is 1.47. The van der Waals surface area contributed by atoms with E-state index < -0.39 is 0 Å². The Morgan fingerprint density at radius 2 is 1.70 bits per heavy atom. The van der Waals surface area contributed by atoms with Gasteiger partial charge in [0.05, 0.1) is 5.75 Å². The molecule has 33 heavy (non-hydrogen) atoms. The van der Waals surface area contributed by atoms with Crippen molar-refractivity contribution in [1.29, 1.82) is 0 Å². The highest BCUT2D eigenvalue weighted by Gasteiger charge is 2.47. The number of aromatic nitrogens is 1. The van der Waals surface area contributed by atoms with Crippen LogP contribution in [0.1, 0.15) is 43.9 Å². The lowest BCUT2D eigenvalue weighted by molar-refractivity contribution is -0.117. The van der Waals surface area contributed by atoms with Crippen molar-refractivity contribution in [2.45, 2.75) is 50.3 Å². The van der Waals surface area contributed by atoms with Crippen LogP contribution in [0.25, 0.3) is 11.1 Å². The lowest BCUT2D eigenvalue weighted by atomic mass is 9.65. The second-order valence-corrected chi connectivity index (χ2v) is 10.6. The zero-order valence-electron chi connectivity index (χ0n) is 19.5. The highest BCUT2D eigenvalue weighted by Crippen LogP contribution is 2.50. The molecule has 5 rings (SSSR count). The number of carbonyl (C=O) groups excluding carboxylic acids is 1. The van der Waals surface area contributed by atoms with E-state index in [4.69, 9.17) is 4.42 Å². The van der Waals surface area contributed by atoms with Gasteiger partial charge in [-0.25, -0.2) is 4.98 Å². The molecule has 0 fully saturated rings. The van der Waals surface area contributed by atoms with Gasteiger partial charge in [0, 0.05) is 16.6 Å². The summed E-state index contributed by atoms with van der Waals surface area (Å²) in [6.07, 6.45) is 0.833. The summed E-state index contributed by atoms with van der Waals surface area (Å²) in [4.78, 5) is 20.1. The summed E-state index contributed by atoms with van der Waals surface area (Å²) in [6.45, 7) is 8.74. The Bertz CT molecular complexity index is 1290. The van der Waals surface area contributed by atoms with Crippen molar-refractivity contribution < 1.29 is 9.21 Å². The van der Waals surface area contributed by atoms with Crippen molar-refractivity contribution in [2.75, 3.05) is 10.7 Å². The van der Waals surface area contributed by atoms with Crippen molar-refractivity contribution in [1.82, 2.24) is 4.98 Å². The first-order valence-corrected chi connectivity index (χ1v) is 12.2. The highest BCUT2D eigenvalue weighted by molar-refractivity contribution is 7.99. The fraction of sp³-hybridized carbons (Fsp3) is 0.286. The van der Waals surface area contributed by atoms with Crippen LogP contribution in [0.4, 0.5) is 5.69 Å². The molecule has 0 bridgehead atoms. The fourth-order valence-corrected chi connectivity index (χ4v) is 5.94. The van der Waals surface area contributed by atoms with E-state index in [9.17, 15) is 4.79 Å². The Labute approximate surface area is 199 Å². The number of aryl methyl sites for hydroxylation is 1. The lowest BCUT2D eigenvalue weighted by Gasteiger charge is -2.51. The van der Waals surface area contributed by atoms with E-state index in [0.29, 0.717) is 5.22 Å². The maximum absolute atomic E-state index is 13.6. The third-order valence-corrected chi connectivity index (χ3v) is 7.48. The number of oxazole rings is 1. The number of nitrogens with zero attached hydrogens (tertiary/aromatic N) is 2. The van der Waals surface area contributed by atoms with Crippen molar-refractivity contribution in [2.24, 2.45) is 0 Å². The first-order valence-electron chi connectivity index (χ1n) is 11.3. The van der Waals surface area contributed by atoms with E-state index in [1.807, 2.05) is 35.2 Å². The molecule has 168 valence electrons. The number of amides is 1. The summed E-state index contributed by atoms with van der Waals surface area (Å²) >= 11 is 1.35. The van der Waals surface area contributed by atoms with E-state index in [1.54, 1.807) is 0 Å². The van der Waals surface area contributed by atoms with Gasteiger partial charge in [0.2, 0.25) is 5.91 Å². The molecule has 1 unspecified atom stereocenters. The van der Waals surface area contributed by atoms with Gasteiger partial charge in [-0.3, -0.25) is 4.79 Å². The number of hydrogen-bond acceptors (Lipinski definition) is 4. The molecular weight excluding hydrogens is 428 g/mol. The number of hydrogen-bond donors (Lipinski definition) is 0. The molecule has 3 aromatic carbocycles. The standard InChI is InChI=1S/C28H28N2O2S/c1-19-13-15-20(16-14-19)28(4)18-27(2,3)30(23-11-7-5-9-21(23)28)25(31)17-33-26-29-22-10-6-8-12-24(22)32-26/h5-16H,17-18H2,1-4H3. The number of rotatable bonds is 4. The van der Waals surface area contributed by atoms with Crippen LogP contribution in [0.2, 0.25) is 0 Å². The maximum Gasteiger partial charge on any atom is 0.257 e. The molecular formula is C28H28N2O2S. The SMILES string of the molecule is Cc1ccc(C2(C)CC(C)(C)N(C(=O)CSc3nc4ccccc4o3)c3ccccc32)cc1. The molecule has 1 aliphatic rings. The predicted octanol–water partition coefficient (Wildman–Crippen LogP) is 6.75. The summed E-state index contributed by atoms with van der Waals surface area (Å²) in [5.74, 6) is 0.330. The van der Waals surface area contributed by atoms with E-state index in [-0.39, 0.29) is 22.6 Å². The van der Waals surface area contributed by atoms with Crippen molar-refractivity contribution >= 4 is 34.5 Å². The average molecular weight is 457 g/mol. The van der Waals surface area contributed by atoms with Gasteiger partial charge in [-0.05, 0) is 56.5 Å². The third-order valence-electron chi connectivity index (χ3n) is 6.66. The zero-order chi connectivity index (χ0) is 23.2.